The molecule has 0 unspecified atom stereocenters. The molecule has 1 aliphatic carbocycles. The van der Waals surface area contributed by atoms with Crippen molar-refractivity contribution in [3.63, 3.8) is 0 Å². The van der Waals surface area contributed by atoms with Gasteiger partial charge in [0.15, 0.2) is 0 Å². The molecule has 1 amide bonds. The second-order valence-electron chi connectivity index (χ2n) is 6.55. The van der Waals surface area contributed by atoms with E-state index in [1.807, 2.05) is 6.92 Å². The summed E-state index contributed by atoms with van der Waals surface area (Å²) < 4.78 is 0. The number of benzene rings is 1. The van der Waals surface area contributed by atoms with E-state index in [1.54, 1.807) is 13.0 Å². The molecule has 1 spiro atoms. The van der Waals surface area contributed by atoms with Crippen LogP contribution in [-0.4, -0.2) is 34.6 Å². The Bertz CT molecular complexity index is 679. The van der Waals surface area contributed by atoms with Crippen molar-refractivity contribution in [2.45, 2.75) is 39.2 Å². The monoisotopic (exact) mass is 302 g/mol. The molecule has 1 heterocycles. The van der Waals surface area contributed by atoms with Crippen molar-refractivity contribution >= 4 is 17.9 Å². The first kappa shape index (κ1) is 14.7. The molecule has 116 valence electrons. The highest BCUT2D eigenvalue weighted by Crippen LogP contribution is 2.54. The number of hydrogen-bond acceptors (Lipinski definition) is 4. The van der Waals surface area contributed by atoms with E-state index in [0.29, 0.717) is 13.0 Å². The highest BCUT2D eigenvalue weighted by atomic mass is 16.6. The molecule has 3 rings (SSSR count). The van der Waals surface area contributed by atoms with Crippen LogP contribution < -0.4 is 0 Å². The lowest BCUT2D eigenvalue weighted by Gasteiger charge is -2.21. The Morgan fingerprint density at radius 1 is 1.36 bits per heavy atom. The van der Waals surface area contributed by atoms with Gasteiger partial charge in [-0.2, -0.15) is 0 Å². The van der Waals surface area contributed by atoms with Crippen LogP contribution in [0.5, 0.6) is 0 Å². The Morgan fingerprint density at radius 3 is 2.55 bits per heavy atom. The van der Waals surface area contributed by atoms with Crippen LogP contribution in [0.4, 0.5) is 5.69 Å². The summed E-state index contributed by atoms with van der Waals surface area (Å²) in [6, 6.07) is 2.54. The van der Waals surface area contributed by atoms with Crippen molar-refractivity contribution in [3.8, 4) is 0 Å². The zero-order chi connectivity index (χ0) is 16.1. The number of rotatable bonds is 3. The van der Waals surface area contributed by atoms with Gasteiger partial charge in [-0.05, 0) is 55.7 Å². The van der Waals surface area contributed by atoms with Crippen LogP contribution in [0.25, 0.3) is 0 Å². The molecule has 0 N–H and O–H groups in total. The summed E-state index contributed by atoms with van der Waals surface area (Å²) in [5, 5.41) is 11.3. The van der Waals surface area contributed by atoms with Crippen LogP contribution >= 0.6 is 0 Å². The fraction of sp³-hybridized carbons (Fsp3) is 0.500. The number of nitrogens with zero attached hydrogens (tertiary/aromatic N) is 2. The number of aldehydes is 1. The highest BCUT2D eigenvalue weighted by molar-refractivity contribution is 6.00. The lowest BCUT2D eigenvalue weighted by molar-refractivity contribution is -0.385. The predicted molar refractivity (Wildman–Crippen MR) is 79.7 cm³/mol. The molecule has 1 atom stereocenters. The molecule has 2 fully saturated rings. The molecule has 1 aromatic rings. The quantitative estimate of drug-likeness (QED) is 0.488. The lowest BCUT2D eigenvalue weighted by Crippen LogP contribution is -2.37. The van der Waals surface area contributed by atoms with Crippen molar-refractivity contribution in [3.05, 3.63) is 38.9 Å². The predicted octanol–water partition coefficient (Wildman–Crippen LogP) is 2.41. The van der Waals surface area contributed by atoms with Gasteiger partial charge in [-0.1, -0.05) is 0 Å². The van der Waals surface area contributed by atoms with E-state index in [2.05, 4.69) is 0 Å². The van der Waals surface area contributed by atoms with E-state index >= 15 is 0 Å². The van der Waals surface area contributed by atoms with Gasteiger partial charge >= 0.3 is 0 Å². The molecule has 0 radical (unpaired) electrons. The molecular weight excluding hydrogens is 284 g/mol. The number of aryl methyl sites for hydroxylation is 2. The number of amides is 1. The van der Waals surface area contributed by atoms with Gasteiger partial charge in [0, 0.05) is 12.6 Å². The van der Waals surface area contributed by atoms with Gasteiger partial charge in [0.1, 0.15) is 11.8 Å². The Hall–Kier alpha value is -2.24. The Morgan fingerprint density at radius 2 is 2.00 bits per heavy atom. The standard InChI is InChI=1S/C16H18N2O4/c1-10-5-13(14(18(21)22)6-11(10)2)15(20)17-9-16(3-4-16)7-12(17)8-19/h5-6,8,12H,3-4,7,9H2,1-2H3/t12-/m0/s1. The number of nitro groups is 1. The summed E-state index contributed by atoms with van der Waals surface area (Å²) in [7, 11) is 0. The number of hydrogen-bond donors (Lipinski definition) is 0. The van der Waals surface area contributed by atoms with Gasteiger partial charge in [0.25, 0.3) is 11.6 Å². The topological polar surface area (TPSA) is 80.5 Å². The van der Waals surface area contributed by atoms with Crippen LogP contribution in [-0.2, 0) is 4.79 Å². The van der Waals surface area contributed by atoms with Gasteiger partial charge in [-0.3, -0.25) is 14.9 Å². The minimum atomic E-state index is -0.529. The zero-order valence-electron chi connectivity index (χ0n) is 12.7. The van der Waals surface area contributed by atoms with Crippen molar-refractivity contribution in [1.29, 1.82) is 0 Å². The number of nitro benzene ring substituents is 1. The number of carbonyl (C=O) groups is 2. The molecular formula is C16H18N2O4. The molecule has 6 nitrogen and oxygen atoms in total. The third-order valence-electron chi connectivity index (χ3n) is 4.96. The third-order valence-corrected chi connectivity index (χ3v) is 4.96. The summed E-state index contributed by atoms with van der Waals surface area (Å²) in [5.41, 5.74) is 1.58. The zero-order valence-corrected chi connectivity index (χ0v) is 12.7. The van der Waals surface area contributed by atoms with E-state index in [1.165, 1.54) is 11.0 Å². The highest BCUT2D eigenvalue weighted by Gasteiger charge is 2.53. The van der Waals surface area contributed by atoms with Gasteiger partial charge in [-0.15, -0.1) is 0 Å². The summed E-state index contributed by atoms with van der Waals surface area (Å²) in [6.07, 6.45) is 3.52. The second kappa shape index (κ2) is 4.90. The van der Waals surface area contributed by atoms with Gasteiger partial charge in [-0.25, -0.2) is 0 Å². The largest absolute Gasteiger partial charge is 0.328 e. The number of carbonyl (C=O) groups excluding carboxylic acids is 2. The Labute approximate surface area is 128 Å². The van der Waals surface area contributed by atoms with Crippen LogP contribution in [0.3, 0.4) is 0 Å². The molecule has 1 aliphatic heterocycles. The van der Waals surface area contributed by atoms with Crippen LogP contribution in [0.1, 0.15) is 40.7 Å². The van der Waals surface area contributed by atoms with Crippen LogP contribution in [0, 0.1) is 29.4 Å². The van der Waals surface area contributed by atoms with Gasteiger partial charge < -0.3 is 9.69 Å². The summed E-state index contributed by atoms with van der Waals surface area (Å²) in [5.74, 6) is -0.407. The SMILES string of the molecule is Cc1cc(C(=O)N2CC3(CC3)C[C@H]2C=O)c([N+](=O)[O-])cc1C. The minimum Gasteiger partial charge on any atom is -0.328 e. The normalized spacial score (nSPS) is 21.9. The first-order chi connectivity index (χ1) is 10.4. The molecule has 0 aromatic heterocycles. The van der Waals surface area contributed by atoms with E-state index in [0.717, 1.165) is 30.3 Å². The molecule has 22 heavy (non-hydrogen) atoms. The van der Waals surface area contributed by atoms with Gasteiger partial charge in [0.2, 0.25) is 0 Å². The van der Waals surface area contributed by atoms with Crippen molar-refractivity contribution in [2.75, 3.05) is 6.54 Å². The van der Waals surface area contributed by atoms with Crippen molar-refractivity contribution in [1.82, 2.24) is 4.90 Å². The van der Waals surface area contributed by atoms with Gasteiger partial charge in [0.05, 0.1) is 11.0 Å². The maximum Gasteiger partial charge on any atom is 0.282 e. The number of likely N-dealkylation sites (tertiary alicyclic amines) is 1. The molecule has 6 heteroatoms. The first-order valence-corrected chi connectivity index (χ1v) is 7.39. The molecule has 2 aliphatic rings. The van der Waals surface area contributed by atoms with E-state index in [-0.39, 0.29) is 16.7 Å². The van der Waals surface area contributed by atoms with E-state index < -0.39 is 16.9 Å². The van der Waals surface area contributed by atoms with E-state index in [4.69, 9.17) is 0 Å². The fourth-order valence-corrected chi connectivity index (χ4v) is 3.26. The first-order valence-electron chi connectivity index (χ1n) is 7.39. The maximum atomic E-state index is 12.8. The maximum absolute atomic E-state index is 12.8. The van der Waals surface area contributed by atoms with E-state index in [9.17, 15) is 19.7 Å². The average molecular weight is 302 g/mol. The summed E-state index contributed by atoms with van der Waals surface area (Å²) >= 11 is 0. The van der Waals surface area contributed by atoms with Crippen molar-refractivity contribution in [2.24, 2.45) is 5.41 Å². The minimum absolute atomic E-state index is 0.0791. The van der Waals surface area contributed by atoms with Crippen LogP contribution in [0.2, 0.25) is 0 Å². The smallest absolute Gasteiger partial charge is 0.282 e. The second-order valence-corrected chi connectivity index (χ2v) is 6.55. The van der Waals surface area contributed by atoms with Crippen LogP contribution in [0.15, 0.2) is 12.1 Å². The fourth-order valence-electron chi connectivity index (χ4n) is 3.26. The molecule has 0 bridgehead atoms. The summed E-state index contributed by atoms with van der Waals surface area (Å²) in [6.45, 7) is 4.12. The Kier molecular flexibility index (Phi) is 3.27. The molecule has 1 aromatic carbocycles. The Balaban J connectivity index is 1.99. The molecule has 1 saturated heterocycles. The third kappa shape index (κ3) is 2.28. The summed E-state index contributed by atoms with van der Waals surface area (Å²) in [4.78, 5) is 36.3. The lowest BCUT2D eigenvalue weighted by atomic mass is 10.0. The average Bonchev–Trinajstić information content (AvgIpc) is 3.12. The van der Waals surface area contributed by atoms with Crippen molar-refractivity contribution < 1.29 is 14.5 Å². The molecule has 1 saturated carbocycles.